The van der Waals surface area contributed by atoms with Crippen LogP contribution in [0, 0.1) is 0 Å². The molecule has 20 heavy (non-hydrogen) atoms. The lowest BCUT2D eigenvalue weighted by Crippen LogP contribution is -2.25. The molecule has 0 aromatic heterocycles. The van der Waals surface area contributed by atoms with E-state index >= 15 is 0 Å². The van der Waals surface area contributed by atoms with E-state index in [4.69, 9.17) is 10.5 Å². The Morgan fingerprint density at radius 3 is 2.80 bits per heavy atom. The summed E-state index contributed by atoms with van der Waals surface area (Å²) >= 11 is 0. The van der Waals surface area contributed by atoms with Crippen molar-refractivity contribution < 1.29 is 9.53 Å². The monoisotopic (exact) mass is 278 g/mol. The first-order valence-electron chi connectivity index (χ1n) is 7.36. The number of amides is 1. The average molecular weight is 278 g/mol. The third kappa shape index (κ3) is 7.14. The van der Waals surface area contributed by atoms with Gasteiger partial charge in [-0.1, -0.05) is 25.0 Å². The van der Waals surface area contributed by atoms with Crippen molar-refractivity contribution in [2.24, 2.45) is 5.73 Å². The number of rotatable bonds is 10. The number of hydrogen-bond acceptors (Lipinski definition) is 3. The first kappa shape index (κ1) is 16.5. The summed E-state index contributed by atoms with van der Waals surface area (Å²) in [7, 11) is 1.66. The molecule has 0 saturated heterocycles. The van der Waals surface area contributed by atoms with Crippen molar-refractivity contribution in [1.29, 1.82) is 0 Å². The first-order valence-corrected chi connectivity index (χ1v) is 7.36. The molecule has 112 valence electrons. The van der Waals surface area contributed by atoms with Gasteiger partial charge in [0.2, 0.25) is 5.91 Å². The van der Waals surface area contributed by atoms with Gasteiger partial charge >= 0.3 is 0 Å². The van der Waals surface area contributed by atoms with E-state index in [1.165, 1.54) is 5.56 Å². The maximum atomic E-state index is 11.6. The van der Waals surface area contributed by atoms with E-state index in [-0.39, 0.29) is 5.91 Å². The Kier molecular flexibility index (Phi) is 8.47. The van der Waals surface area contributed by atoms with Gasteiger partial charge in [-0.05, 0) is 43.5 Å². The Hall–Kier alpha value is -1.55. The van der Waals surface area contributed by atoms with Gasteiger partial charge in [-0.3, -0.25) is 4.79 Å². The third-order valence-corrected chi connectivity index (χ3v) is 3.23. The van der Waals surface area contributed by atoms with Crippen molar-refractivity contribution in [2.45, 2.75) is 38.5 Å². The second kappa shape index (κ2) is 10.3. The van der Waals surface area contributed by atoms with Crippen LogP contribution in [0.5, 0.6) is 5.75 Å². The molecule has 0 spiro atoms. The minimum atomic E-state index is 0.139. The zero-order chi connectivity index (χ0) is 14.6. The third-order valence-electron chi connectivity index (χ3n) is 3.23. The van der Waals surface area contributed by atoms with Crippen LogP contribution in [-0.4, -0.2) is 26.1 Å². The fourth-order valence-electron chi connectivity index (χ4n) is 2.05. The molecule has 0 fully saturated rings. The number of carbonyl (C=O) groups is 1. The molecule has 0 unspecified atom stereocenters. The summed E-state index contributed by atoms with van der Waals surface area (Å²) < 4.78 is 5.17. The fraction of sp³-hybridized carbons (Fsp3) is 0.562. The second-order valence-corrected chi connectivity index (χ2v) is 4.90. The van der Waals surface area contributed by atoms with Gasteiger partial charge in [0.1, 0.15) is 5.75 Å². The van der Waals surface area contributed by atoms with Crippen molar-refractivity contribution in [1.82, 2.24) is 5.32 Å². The molecule has 0 radical (unpaired) electrons. The van der Waals surface area contributed by atoms with Gasteiger partial charge in [0.05, 0.1) is 7.11 Å². The lowest BCUT2D eigenvalue weighted by molar-refractivity contribution is -0.121. The fourth-order valence-corrected chi connectivity index (χ4v) is 2.05. The molecular formula is C16H26N2O2. The van der Waals surface area contributed by atoms with Gasteiger partial charge in [-0.2, -0.15) is 0 Å². The van der Waals surface area contributed by atoms with Gasteiger partial charge in [0.25, 0.3) is 0 Å². The largest absolute Gasteiger partial charge is 0.497 e. The van der Waals surface area contributed by atoms with E-state index in [1.807, 2.05) is 24.3 Å². The maximum Gasteiger partial charge on any atom is 0.220 e. The van der Waals surface area contributed by atoms with Gasteiger partial charge in [0, 0.05) is 13.0 Å². The zero-order valence-corrected chi connectivity index (χ0v) is 12.4. The molecule has 1 amide bonds. The molecular weight excluding hydrogens is 252 g/mol. The molecule has 1 aromatic rings. The van der Waals surface area contributed by atoms with Crippen molar-refractivity contribution in [3.05, 3.63) is 29.8 Å². The molecule has 1 aromatic carbocycles. The topological polar surface area (TPSA) is 64.3 Å². The number of carbonyl (C=O) groups excluding carboxylic acids is 1. The van der Waals surface area contributed by atoms with E-state index in [0.717, 1.165) is 44.4 Å². The van der Waals surface area contributed by atoms with E-state index in [1.54, 1.807) is 7.11 Å². The normalized spacial score (nSPS) is 10.3. The van der Waals surface area contributed by atoms with Crippen LogP contribution in [0.3, 0.4) is 0 Å². The maximum absolute atomic E-state index is 11.6. The van der Waals surface area contributed by atoms with E-state index < -0.39 is 0 Å². The standard InChI is InChI=1S/C16H26N2O2/c1-20-15-8-6-7-14(13-15)10-12-18-16(19)9-4-2-3-5-11-17/h6-8,13H,2-5,9-12,17H2,1H3,(H,18,19). The molecule has 0 aliphatic rings. The molecule has 0 aliphatic heterocycles. The predicted molar refractivity (Wildman–Crippen MR) is 81.8 cm³/mol. The smallest absolute Gasteiger partial charge is 0.220 e. The lowest BCUT2D eigenvalue weighted by atomic mass is 10.1. The van der Waals surface area contributed by atoms with Crippen LogP contribution in [0.15, 0.2) is 24.3 Å². The van der Waals surface area contributed by atoms with Gasteiger partial charge in [-0.25, -0.2) is 0 Å². The molecule has 4 nitrogen and oxygen atoms in total. The van der Waals surface area contributed by atoms with Crippen molar-refractivity contribution >= 4 is 5.91 Å². The summed E-state index contributed by atoms with van der Waals surface area (Å²) in [6.45, 7) is 1.42. The summed E-state index contributed by atoms with van der Waals surface area (Å²) in [6, 6.07) is 7.93. The summed E-state index contributed by atoms with van der Waals surface area (Å²) in [6.07, 6.45) is 5.65. The summed E-state index contributed by atoms with van der Waals surface area (Å²) in [5.74, 6) is 0.995. The van der Waals surface area contributed by atoms with Crippen LogP contribution in [0.4, 0.5) is 0 Å². The van der Waals surface area contributed by atoms with Crippen LogP contribution in [0.25, 0.3) is 0 Å². The van der Waals surface area contributed by atoms with Crippen molar-refractivity contribution in [2.75, 3.05) is 20.2 Å². The Bertz CT molecular complexity index is 394. The zero-order valence-electron chi connectivity index (χ0n) is 12.4. The van der Waals surface area contributed by atoms with Crippen LogP contribution in [0.2, 0.25) is 0 Å². The Morgan fingerprint density at radius 1 is 1.25 bits per heavy atom. The minimum Gasteiger partial charge on any atom is -0.497 e. The number of nitrogens with two attached hydrogens (primary N) is 1. The highest BCUT2D eigenvalue weighted by Crippen LogP contribution is 2.12. The van der Waals surface area contributed by atoms with Crippen LogP contribution in [0.1, 0.15) is 37.7 Å². The van der Waals surface area contributed by atoms with Gasteiger partial charge in [0.15, 0.2) is 0 Å². The van der Waals surface area contributed by atoms with Gasteiger partial charge in [-0.15, -0.1) is 0 Å². The summed E-state index contributed by atoms with van der Waals surface area (Å²) in [5, 5.41) is 2.96. The first-order chi connectivity index (χ1) is 9.76. The SMILES string of the molecule is COc1cccc(CCNC(=O)CCCCCCN)c1. The summed E-state index contributed by atoms with van der Waals surface area (Å²) in [5.41, 5.74) is 6.60. The van der Waals surface area contributed by atoms with Crippen LogP contribution < -0.4 is 15.8 Å². The average Bonchev–Trinajstić information content (AvgIpc) is 2.47. The highest BCUT2D eigenvalue weighted by molar-refractivity contribution is 5.75. The molecule has 3 N–H and O–H groups in total. The Labute approximate surface area is 121 Å². The quantitative estimate of drug-likeness (QED) is 0.645. The number of ether oxygens (including phenoxy) is 1. The lowest BCUT2D eigenvalue weighted by Gasteiger charge is -2.06. The number of unbranched alkanes of at least 4 members (excludes halogenated alkanes) is 3. The number of hydrogen-bond donors (Lipinski definition) is 2. The summed E-state index contributed by atoms with van der Waals surface area (Å²) in [4.78, 5) is 11.6. The Balaban J connectivity index is 2.12. The highest BCUT2D eigenvalue weighted by atomic mass is 16.5. The van der Waals surface area contributed by atoms with Gasteiger partial charge < -0.3 is 15.8 Å². The molecule has 0 aliphatic carbocycles. The van der Waals surface area contributed by atoms with E-state index in [2.05, 4.69) is 5.32 Å². The molecule has 0 saturated carbocycles. The van der Waals surface area contributed by atoms with E-state index in [9.17, 15) is 4.79 Å². The van der Waals surface area contributed by atoms with Crippen LogP contribution in [-0.2, 0) is 11.2 Å². The van der Waals surface area contributed by atoms with Crippen molar-refractivity contribution in [3.8, 4) is 5.75 Å². The second-order valence-electron chi connectivity index (χ2n) is 4.90. The Morgan fingerprint density at radius 2 is 2.05 bits per heavy atom. The van der Waals surface area contributed by atoms with Crippen molar-refractivity contribution in [3.63, 3.8) is 0 Å². The number of nitrogens with one attached hydrogen (secondary N) is 1. The predicted octanol–water partition coefficient (Wildman–Crippen LogP) is 2.26. The molecule has 4 heteroatoms. The molecule has 0 heterocycles. The number of methoxy groups -OCH3 is 1. The molecule has 0 atom stereocenters. The molecule has 0 bridgehead atoms. The van der Waals surface area contributed by atoms with E-state index in [0.29, 0.717) is 13.0 Å². The molecule has 1 rings (SSSR count). The number of benzene rings is 1. The highest BCUT2D eigenvalue weighted by Gasteiger charge is 2.01. The van der Waals surface area contributed by atoms with Crippen LogP contribution >= 0.6 is 0 Å². The minimum absolute atomic E-state index is 0.139.